The number of carboxylic acids is 1. The van der Waals surface area contributed by atoms with Gasteiger partial charge in [0.2, 0.25) is 0 Å². The van der Waals surface area contributed by atoms with Gasteiger partial charge in [-0.1, -0.05) is 54.2 Å². The Labute approximate surface area is 183 Å². The van der Waals surface area contributed by atoms with Gasteiger partial charge in [-0.05, 0) is 38.0 Å². The van der Waals surface area contributed by atoms with Crippen LogP contribution in [0, 0.1) is 0 Å². The van der Waals surface area contributed by atoms with E-state index in [4.69, 9.17) is 4.74 Å². The number of hydrogen-bond acceptors (Lipinski definition) is 7. The van der Waals surface area contributed by atoms with E-state index in [0.717, 1.165) is 20.1 Å². The second-order valence-corrected chi connectivity index (χ2v) is 9.27. The Morgan fingerprint density at radius 2 is 1.87 bits per heavy atom. The maximum absolute atomic E-state index is 12.8. The first kappa shape index (κ1) is 22.3. The van der Waals surface area contributed by atoms with Crippen LogP contribution < -0.4 is 5.32 Å². The standard InChI is InChI=1S/C22H24N2O4S2/c1-3-28-21(27)19(23-14(2)20(25)26)18(13-15-9-5-4-6-10-15)30-22-24-16-11-7-8-12-17(16)29-22/h4-12,14,18-19,23H,3,13H2,1-2H3,(H,25,26)/t14-,18-,19+/m0/s1. The van der Waals surface area contributed by atoms with E-state index in [1.54, 1.807) is 18.3 Å². The second-order valence-electron chi connectivity index (χ2n) is 6.75. The van der Waals surface area contributed by atoms with Crippen molar-refractivity contribution < 1.29 is 19.4 Å². The molecular weight excluding hydrogens is 420 g/mol. The summed E-state index contributed by atoms with van der Waals surface area (Å²) in [5, 5.41) is 12.0. The smallest absolute Gasteiger partial charge is 0.324 e. The lowest BCUT2D eigenvalue weighted by Gasteiger charge is -2.27. The van der Waals surface area contributed by atoms with E-state index < -0.39 is 24.0 Å². The number of thiazole rings is 1. The van der Waals surface area contributed by atoms with Gasteiger partial charge in [0.15, 0.2) is 4.34 Å². The summed E-state index contributed by atoms with van der Waals surface area (Å²) in [7, 11) is 0. The fraction of sp³-hybridized carbons (Fsp3) is 0.318. The normalized spacial score (nSPS) is 14.2. The van der Waals surface area contributed by atoms with Crippen LogP contribution in [0.3, 0.4) is 0 Å². The van der Waals surface area contributed by atoms with Crippen LogP contribution in [0.1, 0.15) is 19.4 Å². The second kappa shape index (κ2) is 10.6. The van der Waals surface area contributed by atoms with Gasteiger partial charge in [-0.25, -0.2) is 4.98 Å². The van der Waals surface area contributed by atoms with E-state index in [2.05, 4.69) is 10.3 Å². The summed E-state index contributed by atoms with van der Waals surface area (Å²) in [6.07, 6.45) is 0.560. The lowest BCUT2D eigenvalue weighted by molar-refractivity contribution is -0.146. The molecule has 0 unspecified atom stereocenters. The topological polar surface area (TPSA) is 88.5 Å². The van der Waals surface area contributed by atoms with Gasteiger partial charge in [0.1, 0.15) is 12.1 Å². The Balaban J connectivity index is 1.93. The first-order chi connectivity index (χ1) is 14.5. The zero-order chi connectivity index (χ0) is 21.5. The molecule has 0 radical (unpaired) electrons. The minimum absolute atomic E-state index is 0.225. The number of thioether (sulfide) groups is 1. The number of aliphatic carboxylic acids is 1. The third-order valence-electron chi connectivity index (χ3n) is 4.52. The van der Waals surface area contributed by atoms with Gasteiger partial charge >= 0.3 is 11.9 Å². The zero-order valence-corrected chi connectivity index (χ0v) is 18.4. The van der Waals surface area contributed by atoms with Crippen molar-refractivity contribution >= 4 is 45.3 Å². The molecule has 0 bridgehead atoms. The highest BCUT2D eigenvalue weighted by Crippen LogP contribution is 2.35. The Bertz CT molecular complexity index is 960. The van der Waals surface area contributed by atoms with Gasteiger partial charge in [0, 0.05) is 5.25 Å². The number of para-hydroxylation sites is 1. The van der Waals surface area contributed by atoms with E-state index in [-0.39, 0.29) is 11.9 Å². The van der Waals surface area contributed by atoms with Crippen molar-refractivity contribution in [3.8, 4) is 0 Å². The number of carbonyl (C=O) groups is 2. The van der Waals surface area contributed by atoms with Crippen molar-refractivity contribution in [2.75, 3.05) is 6.61 Å². The third kappa shape index (κ3) is 5.81. The maximum atomic E-state index is 12.8. The molecule has 0 aliphatic heterocycles. The highest BCUT2D eigenvalue weighted by Gasteiger charge is 2.34. The molecule has 2 aromatic carbocycles. The molecule has 158 valence electrons. The molecule has 0 saturated heterocycles. The summed E-state index contributed by atoms with van der Waals surface area (Å²) in [4.78, 5) is 28.9. The Morgan fingerprint density at radius 1 is 1.17 bits per heavy atom. The molecular formula is C22H24N2O4S2. The first-order valence-electron chi connectivity index (χ1n) is 9.69. The summed E-state index contributed by atoms with van der Waals surface area (Å²) < 4.78 is 7.17. The molecule has 30 heavy (non-hydrogen) atoms. The molecule has 3 atom stereocenters. The number of carbonyl (C=O) groups excluding carboxylic acids is 1. The molecule has 0 spiro atoms. The van der Waals surface area contributed by atoms with Crippen LogP contribution in [-0.4, -0.2) is 46.0 Å². The molecule has 0 amide bonds. The van der Waals surface area contributed by atoms with Crippen LogP contribution in [0.5, 0.6) is 0 Å². The summed E-state index contributed by atoms with van der Waals surface area (Å²) in [5.41, 5.74) is 1.96. The van der Waals surface area contributed by atoms with Gasteiger partial charge in [-0.15, -0.1) is 11.3 Å². The third-order valence-corrected chi connectivity index (χ3v) is 6.92. The average Bonchev–Trinajstić information content (AvgIpc) is 3.14. The van der Waals surface area contributed by atoms with Crippen molar-refractivity contribution in [1.82, 2.24) is 10.3 Å². The van der Waals surface area contributed by atoms with E-state index >= 15 is 0 Å². The fourth-order valence-electron chi connectivity index (χ4n) is 3.00. The summed E-state index contributed by atoms with van der Waals surface area (Å²) >= 11 is 3.04. The monoisotopic (exact) mass is 444 g/mol. The quantitative estimate of drug-likeness (QED) is 0.361. The van der Waals surface area contributed by atoms with E-state index in [1.807, 2.05) is 54.6 Å². The number of hydrogen-bond donors (Lipinski definition) is 2. The number of carboxylic acid groups (broad SMARTS) is 1. The number of rotatable bonds is 10. The van der Waals surface area contributed by atoms with E-state index in [9.17, 15) is 14.7 Å². The number of ether oxygens (including phenoxy) is 1. The average molecular weight is 445 g/mol. The fourth-order valence-corrected chi connectivity index (χ4v) is 5.55. The van der Waals surface area contributed by atoms with Crippen LogP contribution in [0.25, 0.3) is 10.2 Å². The van der Waals surface area contributed by atoms with Crippen LogP contribution in [0.15, 0.2) is 58.9 Å². The Morgan fingerprint density at radius 3 is 2.53 bits per heavy atom. The van der Waals surface area contributed by atoms with Gasteiger partial charge in [0.05, 0.1) is 16.8 Å². The number of aromatic nitrogens is 1. The van der Waals surface area contributed by atoms with Crippen LogP contribution >= 0.6 is 23.1 Å². The van der Waals surface area contributed by atoms with Gasteiger partial charge in [-0.2, -0.15) is 0 Å². The van der Waals surface area contributed by atoms with E-state index in [0.29, 0.717) is 6.42 Å². The van der Waals surface area contributed by atoms with Crippen molar-refractivity contribution in [3.05, 3.63) is 60.2 Å². The lowest BCUT2D eigenvalue weighted by atomic mass is 10.0. The number of nitrogens with one attached hydrogen (secondary N) is 1. The van der Waals surface area contributed by atoms with Crippen molar-refractivity contribution in [3.63, 3.8) is 0 Å². The molecule has 0 fully saturated rings. The minimum atomic E-state index is -1.02. The molecule has 8 heteroatoms. The first-order valence-corrected chi connectivity index (χ1v) is 11.4. The van der Waals surface area contributed by atoms with Crippen LogP contribution in [0.2, 0.25) is 0 Å². The predicted octanol–water partition coefficient (Wildman–Crippen LogP) is 3.99. The number of fused-ring (bicyclic) bond motifs is 1. The molecule has 0 aliphatic carbocycles. The van der Waals surface area contributed by atoms with Crippen LogP contribution in [-0.2, 0) is 20.7 Å². The predicted molar refractivity (Wildman–Crippen MR) is 120 cm³/mol. The largest absolute Gasteiger partial charge is 0.480 e. The van der Waals surface area contributed by atoms with E-state index in [1.165, 1.54) is 18.7 Å². The number of nitrogens with zero attached hydrogens (tertiary/aromatic N) is 1. The summed E-state index contributed by atoms with van der Waals surface area (Å²) in [6.45, 7) is 3.49. The summed E-state index contributed by atoms with van der Waals surface area (Å²) in [5.74, 6) is -1.48. The maximum Gasteiger partial charge on any atom is 0.324 e. The zero-order valence-electron chi connectivity index (χ0n) is 16.8. The number of esters is 1. The van der Waals surface area contributed by atoms with Crippen molar-refractivity contribution in [1.29, 1.82) is 0 Å². The molecule has 1 heterocycles. The van der Waals surface area contributed by atoms with Gasteiger partial charge in [0.25, 0.3) is 0 Å². The van der Waals surface area contributed by atoms with Crippen molar-refractivity contribution in [2.45, 2.75) is 41.9 Å². The molecule has 1 aromatic heterocycles. The molecule has 6 nitrogen and oxygen atoms in total. The SMILES string of the molecule is CCOC(=O)[C@H](N[C@@H](C)C(=O)O)[C@H](Cc1ccccc1)Sc1nc2ccccc2s1. The molecule has 0 aliphatic rings. The van der Waals surface area contributed by atoms with Crippen molar-refractivity contribution in [2.24, 2.45) is 0 Å². The highest BCUT2D eigenvalue weighted by molar-refractivity contribution is 8.01. The minimum Gasteiger partial charge on any atom is -0.480 e. The Kier molecular flexibility index (Phi) is 7.84. The number of benzene rings is 2. The summed E-state index contributed by atoms with van der Waals surface area (Å²) in [6, 6.07) is 16.0. The molecule has 2 N–H and O–H groups in total. The van der Waals surface area contributed by atoms with Gasteiger partial charge in [-0.3, -0.25) is 14.9 Å². The Hall–Kier alpha value is -2.42. The molecule has 3 rings (SSSR count). The lowest BCUT2D eigenvalue weighted by Crippen LogP contribution is -2.52. The molecule has 3 aromatic rings. The van der Waals surface area contributed by atoms with Crippen LogP contribution in [0.4, 0.5) is 0 Å². The highest BCUT2D eigenvalue weighted by atomic mass is 32.2. The van der Waals surface area contributed by atoms with Gasteiger partial charge < -0.3 is 9.84 Å². The molecule has 0 saturated carbocycles.